The number of fused-ring (bicyclic) bond motifs is 1. The standard InChI is InChI=1S/C56H61FN8O11/c1-34(2)51-50(54(72)59-38-11-4-3-5-12-38)48(52(35-17-19-37(57)20-18-35)64(51)25-23-40(66)31-41(67)32-47(69)70)36-10-8-14-42(30-36)76-27-7-6-13-39-33-63(62-61-39)26-29-75-28-24-58-44-16-9-15-43-49(44)56(74)65(55(43)73)45-21-22-46(68)60-53(45)71/h3-5,8-12,14-20,30,33-34,40-41,45,58,66-67H,6-7,13,21-29,31-32H2,1-2H3,(H,59,72)(H,69,70)(H,60,68,71). The topological polar surface area (TPSA) is 257 Å². The lowest BCUT2D eigenvalue weighted by atomic mass is 9.94. The van der Waals surface area contributed by atoms with E-state index < -0.39 is 60.1 Å². The fourth-order valence-corrected chi connectivity index (χ4v) is 9.68. The third kappa shape index (κ3) is 13.1. The molecule has 20 heteroatoms. The number of piperidine rings is 1. The molecule has 4 aromatic carbocycles. The summed E-state index contributed by atoms with van der Waals surface area (Å²) in [6, 6.07) is 26.3. The Morgan fingerprint density at radius 1 is 0.855 bits per heavy atom. The second-order valence-electron chi connectivity index (χ2n) is 19.1. The van der Waals surface area contributed by atoms with Crippen molar-refractivity contribution < 1.29 is 58.0 Å². The van der Waals surface area contributed by atoms with Crippen LogP contribution in [0.3, 0.4) is 0 Å². The number of rotatable bonds is 26. The first-order valence-corrected chi connectivity index (χ1v) is 25.4. The molecule has 5 amide bonds. The number of halogens is 1. The van der Waals surface area contributed by atoms with Gasteiger partial charge >= 0.3 is 5.97 Å². The largest absolute Gasteiger partial charge is 0.494 e. The number of aliphatic hydroxyl groups is 2. The van der Waals surface area contributed by atoms with Crippen molar-refractivity contribution in [3.63, 3.8) is 0 Å². The number of unbranched alkanes of at least 4 members (excludes halogenated alkanes) is 1. The summed E-state index contributed by atoms with van der Waals surface area (Å²) in [5.74, 6) is -3.92. The normalized spacial score (nSPS) is 15.2. The van der Waals surface area contributed by atoms with Gasteiger partial charge in [-0.05, 0) is 116 Å². The van der Waals surface area contributed by atoms with Crippen LogP contribution in [-0.4, -0.2) is 120 Å². The van der Waals surface area contributed by atoms with E-state index in [4.69, 9.17) is 9.47 Å². The molecule has 0 radical (unpaired) electrons. The molecule has 2 aromatic heterocycles. The van der Waals surface area contributed by atoms with Gasteiger partial charge in [0, 0.05) is 48.3 Å². The number of para-hydroxylation sites is 1. The number of nitrogens with zero attached hydrogens (tertiary/aromatic N) is 5. The fourth-order valence-electron chi connectivity index (χ4n) is 9.68. The van der Waals surface area contributed by atoms with E-state index in [2.05, 4.69) is 26.3 Å². The first-order chi connectivity index (χ1) is 36.7. The highest BCUT2D eigenvalue weighted by Gasteiger charge is 2.45. The lowest BCUT2D eigenvalue weighted by Gasteiger charge is -2.27. The highest BCUT2D eigenvalue weighted by Crippen LogP contribution is 2.44. The van der Waals surface area contributed by atoms with Crippen LogP contribution in [0.1, 0.15) is 107 Å². The van der Waals surface area contributed by atoms with Crippen LogP contribution in [-0.2, 0) is 38.6 Å². The van der Waals surface area contributed by atoms with Crippen LogP contribution >= 0.6 is 0 Å². The van der Waals surface area contributed by atoms with Crippen molar-refractivity contribution in [3.05, 3.63) is 137 Å². The summed E-state index contributed by atoms with van der Waals surface area (Å²) in [4.78, 5) is 77.5. The second kappa shape index (κ2) is 25.0. The van der Waals surface area contributed by atoms with E-state index in [9.17, 15) is 48.5 Å². The van der Waals surface area contributed by atoms with Gasteiger partial charge in [0.25, 0.3) is 17.7 Å². The Hall–Kier alpha value is -8.07. The highest BCUT2D eigenvalue weighted by molar-refractivity contribution is 6.25. The van der Waals surface area contributed by atoms with Crippen molar-refractivity contribution in [1.29, 1.82) is 0 Å². The van der Waals surface area contributed by atoms with Gasteiger partial charge in [0.1, 0.15) is 17.6 Å². The van der Waals surface area contributed by atoms with E-state index in [0.717, 1.165) is 17.0 Å². The predicted molar refractivity (Wildman–Crippen MR) is 278 cm³/mol. The number of aliphatic carboxylic acids is 1. The van der Waals surface area contributed by atoms with E-state index in [1.165, 1.54) is 18.2 Å². The molecular formula is C56H61FN8O11. The maximum absolute atomic E-state index is 14.6. The van der Waals surface area contributed by atoms with Gasteiger partial charge in [0.2, 0.25) is 11.8 Å². The molecule has 6 aromatic rings. The van der Waals surface area contributed by atoms with E-state index in [1.54, 1.807) is 41.1 Å². The number of aliphatic hydroxyl groups excluding tert-OH is 2. The summed E-state index contributed by atoms with van der Waals surface area (Å²) in [5.41, 5.74) is 5.73. The smallest absolute Gasteiger partial charge is 0.305 e. The maximum atomic E-state index is 14.6. The molecule has 0 aliphatic carbocycles. The van der Waals surface area contributed by atoms with Crippen molar-refractivity contribution in [1.82, 2.24) is 29.8 Å². The van der Waals surface area contributed by atoms with Crippen molar-refractivity contribution in [2.75, 3.05) is 37.0 Å². The Morgan fingerprint density at radius 2 is 1.63 bits per heavy atom. The summed E-state index contributed by atoms with van der Waals surface area (Å²) in [5, 5.41) is 47.5. The number of imide groups is 2. The average molecular weight is 1040 g/mol. The first-order valence-electron chi connectivity index (χ1n) is 25.4. The van der Waals surface area contributed by atoms with Gasteiger partial charge in [0.05, 0.1) is 73.1 Å². The number of hydrogen-bond donors (Lipinski definition) is 6. The molecule has 1 saturated heterocycles. The van der Waals surface area contributed by atoms with Crippen LogP contribution < -0.4 is 20.7 Å². The zero-order chi connectivity index (χ0) is 53.9. The van der Waals surface area contributed by atoms with Crippen LogP contribution in [0, 0.1) is 5.82 Å². The Balaban J connectivity index is 0.876. The monoisotopic (exact) mass is 1040 g/mol. The van der Waals surface area contributed by atoms with Crippen molar-refractivity contribution >= 4 is 46.9 Å². The minimum atomic E-state index is -1.25. The van der Waals surface area contributed by atoms with Gasteiger partial charge < -0.3 is 40.0 Å². The molecule has 398 valence electrons. The SMILES string of the molecule is CC(C)c1c(C(=O)Nc2ccccc2)c(-c2cccc(OCCCCc3cn(CCOCCNc4cccc5c4C(=O)N(C4CCC(=O)NC4=O)C5=O)nn3)c2)c(-c2ccc(F)cc2)n1CCC(O)CC(O)CC(=O)O. The molecule has 8 rings (SSSR count). The van der Waals surface area contributed by atoms with Crippen LogP contribution in [0.5, 0.6) is 5.75 Å². The second-order valence-corrected chi connectivity index (χ2v) is 19.1. The molecule has 0 saturated carbocycles. The fraction of sp³-hybridized carbons (Fsp3) is 0.357. The zero-order valence-electron chi connectivity index (χ0n) is 42.2. The molecule has 76 heavy (non-hydrogen) atoms. The van der Waals surface area contributed by atoms with Gasteiger partial charge in [-0.2, -0.15) is 0 Å². The molecule has 19 nitrogen and oxygen atoms in total. The third-order valence-electron chi connectivity index (χ3n) is 13.2. The Labute approximate surface area is 438 Å². The van der Waals surface area contributed by atoms with Crippen LogP contribution in [0.15, 0.2) is 103 Å². The number of benzene rings is 4. The van der Waals surface area contributed by atoms with Gasteiger partial charge in [-0.25, -0.2) is 9.07 Å². The summed E-state index contributed by atoms with van der Waals surface area (Å²) in [6.07, 6.45) is 1.21. The van der Waals surface area contributed by atoms with Crippen LogP contribution in [0.2, 0.25) is 0 Å². The van der Waals surface area contributed by atoms with Crippen molar-refractivity contribution in [3.8, 4) is 28.1 Å². The number of carboxylic acids is 1. The molecule has 0 bridgehead atoms. The number of ether oxygens (including phenoxy) is 2. The van der Waals surface area contributed by atoms with Gasteiger partial charge in [-0.1, -0.05) is 55.5 Å². The molecule has 0 spiro atoms. The van der Waals surface area contributed by atoms with Gasteiger partial charge in [-0.3, -0.25) is 39.0 Å². The molecule has 4 heterocycles. The Bertz CT molecular complexity index is 3070. The highest BCUT2D eigenvalue weighted by atomic mass is 19.1. The molecule has 2 aliphatic rings. The first kappa shape index (κ1) is 54.2. The van der Waals surface area contributed by atoms with Crippen LogP contribution in [0.25, 0.3) is 22.4 Å². The average Bonchev–Trinajstić information content (AvgIpc) is 4.11. The van der Waals surface area contributed by atoms with Crippen molar-refractivity contribution in [2.24, 2.45) is 0 Å². The number of nitrogens with one attached hydrogen (secondary N) is 3. The number of carbonyl (C=O) groups is 6. The lowest BCUT2D eigenvalue weighted by molar-refractivity contribution is -0.140. The molecule has 1 fully saturated rings. The van der Waals surface area contributed by atoms with E-state index in [-0.39, 0.29) is 61.8 Å². The van der Waals surface area contributed by atoms with Crippen molar-refractivity contribution in [2.45, 2.75) is 102 Å². The molecule has 3 unspecified atom stereocenters. The molecule has 3 atom stereocenters. The maximum Gasteiger partial charge on any atom is 0.305 e. The number of anilines is 2. The molecule has 6 N–H and O–H groups in total. The summed E-state index contributed by atoms with van der Waals surface area (Å²) in [7, 11) is 0. The number of aryl methyl sites for hydroxylation is 1. The minimum absolute atomic E-state index is 0.0363. The van der Waals surface area contributed by atoms with E-state index in [1.807, 2.05) is 67.1 Å². The number of amides is 5. The number of hydrogen-bond acceptors (Lipinski definition) is 13. The zero-order valence-corrected chi connectivity index (χ0v) is 42.2. The van der Waals surface area contributed by atoms with Crippen LogP contribution in [0.4, 0.5) is 15.8 Å². The lowest BCUT2D eigenvalue weighted by Crippen LogP contribution is -2.54. The Kier molecular flexibility index (Phi) is 17.8. The van der Waals surface area contributed by atoms with E-state index >= 15 is 0 Å². The number of aromatic nitrogens is 4. The number of carboxylic acid groups (broad SMARTS) is 1. The molecular weight excluding hydrogens is 980 g/mol. The Morgan fingerprint density at radius 3 is 2.38 bits per heavy atom. The summed E-state index contributed by atoms with van der Waals surface area (Å²) >= 11 is 0. The summed E-state index contributed by atoms with van der Waals surface area (Å²) in [6.45, 7) is 5.90. The predicted octanol–water partition coefficient (Wildman–Crippen LogP) is 6.84. The quantitative estimate of drug-likeness (QED) is 0.0240. The van der Waals surface area contributed by atoms with E-state index in [0.29, 0.717) is 89.9 Å². The third-order valence-corrected chi connectivity index (χ3v) is 13.2. The van der Waals surface area contributed by atoms with Gasteiger partial charge in [-0.15, -0.1) is 5.10 Å². The summed E-state index contributed by atoms with van der Waals surface area (Å²) < 4.78 is 30.3. The minimum Gasteiger partial charge on any atom is -0.494 e. The molecule has 2 aliphatic heterocycles. The number of carbonyl (C=O) groups excluding carboxylic acids is 5. The van der Waals surface area contributed by atoms with Gasteiger partial charge in [0.15, 0.2) is 0 Å².